The Morgan fingerprint density at radius 3 is 2.84 bits per heavy atom. The summed E-state index contributed by atoms with van der Waals surface area (Å²) in [6.45, 7) is 4.32. The predicted molar refractivity (Wildman–Crippen MR) is 118 cm³/mol. The Bertz CT molecular complexity index is 1250. The molecule has 9 heteroatoms. The Morgan fingerprint density at radius 2 is 1.94 bits per heavy atom. The van der Waals surface area contributed by atoms with Crippen molar-refractivity contribution in [1.82, 2.24) is 30.6 Å². The molecule has 0 bridgehead atoms. The van der Waals surface area contributed by atoms with Crippen LogP contribution in [0.4, 0.5) is 11.6 Å². The fourth-order valence-corrected chi connectivity index (χ4v) is 5.21. The summed E-state index contributed by atoms with van der Waals surface area (Å²) in [5.74, 6) is 1.46. The Morgan fingerprint density at radius 1 is 1.03 bits per heavy atom. The van der Waals surface area contributed by atoms with Crippen LogP contribution in [0.15, 0.2) is 6.20 Å². The summed E-state index contributed by atoms with van der Waals surface area (Å²) in [5.41, 5.74) is 9.40. The summed E-state index contributed by atoms with van der Waals surface area (Å²) in [6.07, 6.45) is 5.30. The number of nitrogens with zero attached hydrogens (tertiary/aromatic N) is 3. The number of fused-ring (bicyclic) bond motifs is 6. The van der Waals surface area contributed by atoms with E-state index in [1.165, 1.54) is 5.56 Å². The van der Waals surface area contributed by atoms with Gasteiger partial charge in [0.15, 0.2) is 0 Å². The molecule has 0 saturated heterocycles. The Kier molecular flexibility index (Phi) is 4.26. The van der Waals surface area contributed by atoms with Crippen LogP contribution in [0, 0.1) is 6.92 Å². The molecular formula is C22H22ClN7O. The molecule has 0 saturated carbocycles. The molecule has 158 valence electrons. The van der Waals surface area contributed by atoms with Gasteiger partial charge in [-0.2, -0.15) is 0 Å². The van der Waals surface area contributed by atoms with Crippen molar-refractivity contribution in [2.75, 3.05) is 18.4 Å². The van der Waals surface area contributed by atoms with Gasteiger partial charge in [0.2, 0.25) is 5.28 Å². The monoisotopic (exact) mass is 435 g/mol. The number of anilines is 2. The standard InChI is InChI=1S/C22H22ClN7O/c1-10-16-11(2-3-12-17-15(27-18(12)16)5-7-25-21(17)31)8-26-19(10)29-20-13-9-24-6-4-14(13)28-22(23)30-20/h8,24,27H,2-7,9H2,1H3,(H,25,31)(H,26,28,29,30). The summed E-state index contributed by atoms with van der Waals surface area (Å²) in [5, 5.41) is 10.00. The number of aromatic nitrogens is 4. The second-order valence-electron chi connectivity index (χ2n) is 8.29. The minimum atomic E-state index is 0.0296. The molecule has 6 rings (SSSR count). The molecule has 0 radical (unpaired) electrons. The molecule has 0 fully saturated rings. The summed E-state index contributed by atoms with van der Waals surface area (Å²) >= 11 is 6.20. The molecule has 1 aliphatic carbocycles. The Hall–Kier alpha value is -2.97. The van der Waals surface area contributed by atoms with Crippen LogP contribution in [0.3, 0.4) is 0 Å². The van der Waals surface area contributed by atoms with Crippen LogP contribution >= 0.6 is 11.6 Å². The van der Waals surface area contributed by atoms with Gasteiger partial charge in [0.1, 0.15) is 11.6 Å². The second-order valence-corrected chi connectivity index (χ2v) is 8.63. The van der Waals surface area contributed by atoms with E-state index in [9.17, 15) is 4.79 Å². The number of amides is 1. The average Bonchev–Trinajstić information content (AvgIpc) is 3.15. The second kappa shape index (κ2) is 7.03. The molecule has 4 N–H and O–H groups in total. The van der Waals surface area contributed by atoms with E-state index in [0.29, 0.717) is 18.9 Å². The molecule has 0 aromatic carbocycles. The van der Waals surface area contributed by atoms with Crippen LogP contribution in [-0.4, -0.2) is 38.9 Å². The topological polar surface area (TPSA) is 108 Å². The van der Waals surface area contributed by atoms with Crippen LogP contribution in [0.2, 0.25) is 5.28 Å². The first-order valence-corrected chi connectivity index (χ1v) is 11.0. The fourth-order valence-electron chi connectivity index (χ4n) is 5.03. The number of carbonyl (C=O) groups excluding carboxylic acids is 1. The highest BCUT2D eigenvalue weighted by atomic mass is 35.5. The summed E-state index contributed by atoms with van der Waals surface area (Å²) in [7, 11) is 0. The van der Waals surface area contributed by atoms with Gasteiger partial charge in [0, 0.05) is 61.1 Å². The third-order valence-electron chi connectivity index (χ3n) is 6.51. The summed E-state index contributed by atoms with van der Waals surface area (Å²) in [6, 6.07) is 0. The van der Waals surface area contributed by atoms with Crippen molar-refractivity contribution in [3.63, 3.8) is 0 Å². The quantitative estimate of drug-likeness (QED) is 0.461. The molecule has 0 unspecified atom stereocenters. The van der Waals surface area contributed by atoms with Gasteiger partial charge in [-0.25, -0.2) is 15.0 Å². The number of hydrogen-bond acceptors (Lipinski definition) is 6. The molecule has 0 atom stereocenters. The molecule has 1 amide bonds. The maximum Gasteiger partial charge on any atom is 0.253 e. The van der Waals surface area contributed by atoms with Crippen molar-refractivity contribution in [2.45, 2.75) is 39.2 Å². The Labute approximate surface area is 184 Å². The van der Waals surface area contributed by atoms with Crippen molar-refractivity contribution < 1.29 is 4.79 Å². The van der Waals surface area contributed by atoms with Gasteiger partial charge in [0.05, 0.1) is 17.0 Å². The van der Waals surface area contributed by atoms with Crippen molar-refractivity contribution >= 4 is 29.1 Å². The van der Waals surface area contributed by atoms with Crippen LogP contribution in [0.25, 0.3) is 11.3 Å². The minimum Gasteiger partial charge on any atom is -0.357 e. The van der Waals surface area contributed by atoms with E-state index in [2.05, 4.69) is 37.8 Å². The van der Waals surface area contributed by atoms with E-state index in [1.807, 2.05) is 6.20 Å². The van der Waals surface area contributed by atoms with Gasteiger partial charge in [-0.15, -0.1) is 0 Å². The molecular weight excluding hydrogens is 414 g/mol. The summed E-state index contributed by atoms with van der Waals surface area (Å²) in [4.78, 5) is 29.6. The number of aromatic amines is 1. The zero-order valence-electron chi connectivity index (χ0n) is 17.2. The van der Waals surface area contributed by atoms with Gasteiger partial charge >= 0.3 is 0 Å². The molecule has 3 aliphatic rings. The van der Waals surface area contributed by atoms with Crippen molar-refractivity contribution in [2.24, 2.45) is 0 Å². The third-order valence-corrected chi connectivity index (χ3v) is 6.68. The lowest BCUT2D eigenvalue weighted by Crippen LogP contribution is -2.32. The number of nitrogens with one attached hydrogen (secondary N) is 4. The van der Waals surface area contributed by atoms with Crippen LogP contribution in [0.5, 0.6) is 0 Å². The Balaban J connectivity index is 1.46. The number of carbonyl (C=O) groups is 1. The van der Waals surface area contributed by atoms with E-state index < -0.39 is 0 Å². The lowest BCUT2D eigenvalue weighted by atomic mass is 9.86. The highest BCUT2D eigenvalue weighted by Crippen LogP contribution is 2.41. The molecule has 5 heterocycles. The van der Waals surface area contributed by atoms with Crippen LogP contribution < -0.4 is 16.0 Å². The number of halogens is 1. The smallest absolute Gasteiger partial charge is 0.253 e. The largest absolute Gasteiger partial charge is 0.357 e. The zero-order chi connectivity index (χ0) is 21.1. The number of hydrogen-bond donors (Lipinski definition) is 4. The first-order valence-electron chi connectivity index (χ1n) is 10.6. The predicted octanol–water partition coefficient (Wildman–Crippen LogP) is 2.60. The molecule has 31 heavy (non-hydrogen) atoms. The SMILES string of the molecule is Cc1c(Nc2nc(Cl)nc3c2CNCC3)ncc2c1-c1[nH]c3c(c1CC2)C(=O)NCC3. The van der Waals surface area contributed by atoms with Gasteiger partial charge in [-0.3, -0.25) is 4.79 Å². The van der Waals surface area contributed by atoms with Crippen LogP contribution in [-0.2, 0) is 32.2 Å². The minimum absolute atomic E-state index is 0.0296. The lowest BCUT2D eigenvalue weighted by molar-refractivity contribution is 0.0945. The average molecular weight is 436 g/mol. The van der Waals surface area contributed by atoms with Gasteiger partial charge in [-0.1, -0.05) is 0 Å². The maximum absolute atomic E-state index is 12.5. The highest BCUT2D eigenvalue weighted by Gasteiger charge is 2.31. The third kappa shape index (κ3) is 2.93. The molecule has 2 aliphatic heterocycles. The zero-order valence-corrected chi connectivity index (χ0v) is 17.9. The van der Waals surface area contributed by atoms with Crippen LogP contribution in [0.1, 0.15) is 44.0 Å². The highest BCUT2D eigenvalue weighted by molar-refractivity contribution is 6.28. The van der Waals surface area contributed by atoms with Gasteiger partial charge in [0.25, 0.3) is 5.91 Å². The number of aryl methyl sites for hydroxylation is 1. The van der Waals surface area contributed by atoms with E-state index >= 15 is 0 Å². The molecule has 8 nitrogen and oxygen atoms in total. The maximum atomic E-state index is 12.5. The first kappa shape index (κ1) is 18.8. The number of H-pyrrole nitrogens is 1. The first-order chi connectivity index (χ1) is 15.1. The van der Waals surface area contributed by atoms with Gasteiger partial charge < -0.3 is 20.9 Å². The number of rotatable bonds is 2. The lowest BCUT2D eigenvalue weighted by Gasteiger charge is -2.23. The molecule has 3 aromatic heterocycles. The van der Waals surface area contributed by atoms with E-state index in [0.717, 1.165) is 82.9 Å². The molecule has 3 aromatic rings. The molecule has 0 spiro atoms. The summed E-state index contributed by atoms with van der Waals surface area (Å²) < 4.78 is 0. The fraction of sp³-hybridized carbons (Fsp3) is 0.364. The van der Waals surface area contributed by atoms with E-state index in [-0.39, 0.29) is 11.2 Å². The van der Waals surface area contributed by atoms with E-state index in [1.54, 1.807) is 0 Å². The van der Waals surface area contributed by atoms with Gasteiger partial charge in [-0.05, 0) is 42.5 Å². The number of pyridine rings is 1. The van der Waals surface area contributed by atoms with Crippen molar-refractivity contribution in [3.05, 3.63) is 50.7 Å². The van der Waals surface area contributed by atoms with E-state index in [4.69, 9.17) is 16.6 Å². The van der Waals surface area contributed by atoms with Crippen molar-refractivity contribution in [1.29, 1.82) is 0 Å². The van der Waals surface area contributed by atoms with Crippen molar-refractivity contribution in [3.8, 4) is 11.3 Å². The normalized spacial score (nSPS) is 16.6.